The number of carbonyl (C=O) groups excluding carboxylic acids is 2. The highest BCUT2D eigenvalue weighted by atomic mass is 19.1. The average Bonchev–Trinajstić information content (AvgIpc) is 3.72. The number of alkyl halides is 1. The fraction of sp³-hybridized carbons (Fsp3) is 0.886. The van der Waals surface area contributed by atoms with Crippen LogP contribution in [-0.2, 0) is 23.8 Å². The second-order valence-electron chi connectivity index (χ2n) is 15.3. The molecule has 5 aliphatic heterocycles. The molecule has 0 radical (unpaired) electrons. The highest BCUT2D eigenvalue weighted by molar-refractivity contribution is 6.20. The van der Waals surface area contributed by atoms with E-state index in [9.17, 15) is 9.59 Å². The Kier molecular flexibility index (Phi) is 9.42. The molecule has 1 amide bonds. The molecule has 7 fully saturated rings. The van der Waals surface area contributed by atoms with E-state index in [1.54, 1.807) is 0 Å². The second kappa shape index (κ2) is 13.7. The molecule has 3 N–H and O–H groups in total. The van der Waals surface area contributed by atoms with E-state index in [1.807, 2.05) is 6.20 Å². The summed E-state index contributed by atoms with van der Waals surface area (Å²) in [6.45, 7) is 6.63. The topological polar surface area (TPSA) is 104 Å². The fourth-order valence-corrected chi connectivity index (χ4v) is 10.5. The minimum Gasteiger partial charge on any atom is -0.379 e. The van der Waals surface area contributed by atoms with Crippen LogP contribution in [0.15, 0.2) is 11.8 Å². The highest BCUT2D eigenvalue weighted by Gasteiger charge is 2.61. The van der Waals surface area contributed by atoms with E-state index in [1.165, 1.54) is 19.3 Å². The normalized spacial score (nSPS) is 43.7. The van der Waals surface area contributed by atoms with Crippen LogP contribution in [0.2, 0.25) is 0 Å². The summed E-state index contributed by atoms with van der Waals surface area (Å²) in [5, 5.41) is 10.1. The number of rotatable bonds is 9. The molecule has 11 heteroatoms. The third-order valence-electron chi connectivity index (χ3n) is 12.8. The molecule has 0 bridgehead atoms. The highest BCUT2D eigenvalue weighted by Crippen LogP contribution is 2.52. The Balaban J connectivity index is 1.02. The van der Waals surface area contributed by atoms with Crippen LogP contribution >= 0.6 is 0 Å². The smallest absolute Gasteiger partial charge is 0.256 e. The van der Waals surface area contributed by atoms with Crippen molar-refractivity contribution in [3.8, 4) is 0 Å². The van der Waals surface area contributed by atoms with Gasteiger partial charge in [0.05, 0.1) is 61.3 Å². The molecule has 12 atom stereocenters. The molecule has 4 saturated heterocycles. The van der Waals surface area contributed by atoms with Crippen molar-refractivity contribution in [3.05, 3.63) is 11.8 Å². The first-order valence-electron chi connectivity index (χ1n) is 18.6. The average molecular weight is 644 g/mol. The summed E-state index contributed by atoms with van der Waals surface area (Å²) >= 11 is 0. The van der Waals surface area contributed by atoms with E-state index in [4.69, 9.17) is 14.2 Å². The summed E-state index contributed by atoms with van der Waals surface area (Å²) < 4.78 is 35.4. The Morgan fingerprint density at radius 3 is 2.70 bits per heavy atom. The molecule has 3 saturated carbocycles. The molecule has 10 nitrogen and oxygen atoms in total. The summed E-state index contributed by atoms with van der Waals surface area (Å²) in [4.78, 5) is 32.3. The number of ketones is 1. The van der Waals surface area contributed by atoms with Gasteiger partial charge in [0.15, 0.2) is 5.78 Å². The number of morpholine rings is 2. The van der Waals surface area contributed by atoms with Gasteiger partial charge in [-0.3, -0.25) is 14.5 Å². The lowest BCUT2D eigenvalue weighted by Gasteiger charge is -2.60. The SMILES string of the molecule is O=C(NCCC1CCCN1)C1=CN2C3CC4OC5CCCCC5C4CC3OC3C(NCCCN4CCOCC4)C(F)CC(C1=O)C32. The van der Waals surface area contributed by atoms with Gasteiger partial charge in [0.1, 0.15) is 6.17 Å². The van der Waals surface area contributed by atoms with Gasteiger partial charge in [-0.1, -0.05) is 12.8 Å². The minimum atomic E-state index is -1.22. The summed E-state index contributed by atoms with van der Waals surface area (Å²) in [7, 11) is 0. The zero-order valence-corrected chi connectivity index (χ0v) is 27.3. The molecule has 5 heterocycles. The molecule has 3 aliphatic carbocycles. The molecular formula is C35H54FN5O5. The summed E-state index contributed by atoms with van der Waals surface area (Å²) in [6, 6.07) is -0.334. The van der Waals surface area contributed by atoms with E-state index in [-0.39, 0.29) is 48.0 Å². The van der Waals surface area contributed by atoms with Crippen molar-refractivity contribution in [3.63, 3.8) is 0 Å². The van der Waals surface area contributed by atoms with Crippen LogP contribution in [0.1, 0.15) is 70.6 Å². The molecule has 256 valence electrons. The van der Waals surface area contributed by atoms with Gasteiger partial charge in [-0.2, -0.15) is 0 Å². The molecule has 0 aromatic heterocycles. The predicted octanol–water partition coefficient (Wildman–Crippen LogP) is 1.92. The van der Waals surface area contributed by atoms with E-state index in [0.29, 0.717) is 37.1 Å². The minimum absolute atomic E-state index is 0.0156. The number of amides is 1. The van der Waals surface area contributed by atoms with E-state index >= 15 is 4.39 Å². The predicted molar refractivity (Wildman–Crippen MR) is 170 cm³/mol. The number of fused-ring (bicyclic) bond motifs is 5. The maximum absolute atomic E-state index is 16.2. The van der Waals surface area contributed by atoms with Gasteiger partial charge >= 0.3 is 0 Å². The standard InChI is InChI=1S/C35H54FN5O5/c36-26-17-24-32-34(31(26)38-10-4-12-40-13-15-44-16-14-40)46-30-18-23-22-6-1-2-7-28(22)45-29(23)19-27(30)41(32)20-25(33(24)42)35(43)39-11-8-21-5-3-9-37-21/h20-24,26-32,34,37-38H,1-19H2,(H,39,43). The maximum Gasteiger partial charge on any atom is 0.256 e. The Morgan fingerprint density at radius 1 is 0.978 bits per heavy atom. The maximum atomic E-state index is 16.2. The van der Waals surface area contributed by atoms with Gasteiger partial charge in [-0.15, -0.1) is 0 Å². The van der Waals surface area contributed by atoms with Crippen LogP contribution in [0.5, 0.6) is 0 Å². The van der Waals surface area contributed by atoms with E-state index in [0.717, 1.165) is 84.3 Å². The molecule has 8 rings (SSSR count). The van der Waals surface area contributed by atoms with Crippen molar-refractivity contribution in [1.29, 1.82) is 0 Å². The zero-order valence-electron chi connectivity index (χ0n) is 27.3. The van der Waals surface area contributed by atoms with Gasteiger partial charge in [0, 0.05) is 37.8 Å². The summed E-state index contributed by atoms with van der Waals surface area (Å²) in [5.74, 6) is -0.102. The Bertz CT molecular complexity index is 1150. The Morgan fingerprint density at radius 2 is 1.85 bits per heavy atom. The number of carbonyl (C=O) groups is 2. The number of hydrogen-bond acceptors (Lipinski definition) is 9. The summed E-state index contributed by atoms with van der Waals surface area (Å²) in [6.07, 6.45) is 11.4. The molecule has 0 spiro atoms. The van der Waals surface area contributed by atoms with Crippen LogP contribution in [0.4, 0.5) is 4.39 Å². The van der Waals surface area contributed by atoms with Crippen molar-refractivity contribution < 1.29 is 28.2 Å². The Hall–Kier alpha value is -1.63. The van der Waals surface area contributed by atoms with Crippen LogP contribution in [0, 0.1) is 17.8 Å². The lowest BCUT2D eigenvalue weighted by Crippen LogP contribution is -2.73. The van der Waals surface area contributed by atoms with Gasteiger partial charge in [-0.25, -0.2) is 4.39 Å². The first-order valence-corrected chi connectivity index (χ1v) is 18.6. The van der Waals surface area contributed by atoms with Gasteiger partial charge < -0.3 is 35.1 Å². The van der Waals surface area contributed by atoms with Gasteiger partial charge in [0.25, 0.3) is 5.91 Å². The second-order valence-corrected chi connectivity index (χ2v) is 15.3. The number of hydrogen-bond donors (Lipinski definition) is 3. The summed E-state index contributed by atoms with van der Waals surface area (Å²) in [5.41, 5.74) is 0.187. The van der Waals surface area contributed by atoms with Crippen molar-refractivity contribution in [2.75, 3.05) is 52.5 Å². The van der Waals surface area contributed by atoms with Crippen molar-refractivity contribution in [2.45, 2.75) is 125 Å². The number of nitrogens with one attached hydrogen (secondary N) is 3. The van der Waals surface area contributed by atoms with Crippen LogP contribution < -0.4 is 16.0 Å². The first kappa shape index (κ1) is 31.6. The molecule has 46 heavy (non-hydrogen) atoms. The van der Waals surface area contributed by atoms with Crippen molar-refractivity contribution in [1.82, 2.24) is 25.8 Å². The monoisotopic (exact) mass is 643 g/mol. The third-order valence-corrected chi connectivity index (χ3v) is 12.8. The molecule has 8 aliphatic rings. The quantitative estimate of drug-likeness (QED) is 0.257. The molecule has 12 unspecified atom stereocenters. The van der Waals surface area contributed by atoms with Gasteiger partial charge in [0.2, 0.25) is 0 Å². The van der Waals surface area contributed by atoms with Crippen molar-refractivity contribution in [2.24, 2.45) is 17.8 Å². The largest absolute Gasteiger partial charge is 0.379 e. The molecule has 0 aromatic rings. The number of ether oxygens (including phenoxy) is 3. The van der Waals surface area contributed by atoms with Crippen LogP contribution in [0.25, 0.3) is 0 Å². The number of nitrogens with zero attached hydrogens (tertiary/aromatic N) is 2. The van der Waals surface area contributed by atoms with Crippen molar-refractivity contribution >= 4 is 11.7 Å². The van der Waals surface area contributed by atoms with E-state index < -0.39 is 24.2 Å². The first-order chi connectivity index (χ1) is 22.5. The lowest BCUT2D eigenvalue weighted by atomic mass is 9.67. The zero-order chi connectivity index (χ0) is 31.2. The van der Waals surface area contributed by atoms with Crippen LogP contribution in [-0.4, -0.2) is 129 Å². The van der Waals surface area contributed by atoms with Gasteiger partial charge in [-0.05, 0) is 89.3 Å². The fourth-order valence-electron chi connectivity index (χ4n) is 10.5. The molecular weight excluding hydrogens is 589 g/mol. The number of Topliss-reactive ketones (excluding diaryl/α,β-unsaturated/α-hetero) is 1. The molecule has 0 aromatic carbocycles. The Labute approximate surface area is 272 Å². The lowest BCUT2D eigenvalue weighted by molar-refractivity contribution is -0.209. The van der Waals surface area contributed by atoms with E-state index in [2.05, 4.69) is 25.8 Å². The third kappa shape index (κ3) is 6.06. The number of halogens is 1. The van der Waals surface area contributed by atoms with Crippen LogP contribution in [0.3, 0.4) is 0 Å².